The molecule has 162 valence electrons. The van der Waals surface area contributed by atoms with Crippen molar-refractivity contribution in [1.82, 2.24) is 4.57 Å². The molecule has 0 radical (unpaired) electrons. The van der Waals surface area contributed by atoms with E-state index >= 15 is 0 Å². The van der Waals surface area contributed by atoms with Crippen molar-refractivity contribution in [3.8, 4) is 11.8 Å². The monoisotopic (exact) mass is 430 g/mol. The highest BCUT2D eigenvalue weighted by atomic mass is 17.0. The Kier molecular flexibility index (Phi) is 5.78. The van der Waals surface area contributed by atoms with Crippen LogP contribution in [-0.4, -0.2) is 33.1 Å². The minimum Gasteiger partial charge on any atom is -0.485 e. The molecule has 1 aromatic carbocycles. The van der Waals surface area contributed by atoms with Gasteiger partial charge in [-0.3, -0.25) is 4.79 Å². The summed E-state index contributed by atoms with van der Waals surface area (Å²) in [6, 6.07) is 8.47. The predicted octanol–water partition coefficient (Wildman–Crippen LogP) is 1.81. The number of rotatable bonds is 7. The molecule has 0 saturated heterocycles. The van der Waals surface area contributed by atoms with E-state index in [1.807, 2.05) is 6.07 Å². The van der Waals surface area contributed by atoms with E-state index in [1.165, 1.54) is 22.9 Å². The van der Waals surface area contributed by atoms with Crippen LogP contribution in [0.2, 0.25) is 0 Å². The third-order valence-corrected chi connectivity index (χ3v) is 4.90. The van der Waals surface area contributed by atoms with Crippen molar-refractivity contribution in [3.63, 3.8) is 0 Å². The van der Waals surface area contributed by atoms with Gasteiger partial charge in [-0.1, -0.05) is 0 Å². The fourth-order valence-electron chi connectivity index (χ4n) is 3.55. The minimum atomic E-state index is -1.20. The van der Waals surface area contributed by atoms with Gasteiger partial charge in [-0.15, -0.1) is 20.2 Å². The van der Waals surface area contributed by atoms with Gasteiger partial charge in [-0.25, -0.2) is 0 Å². The molecule has 3 rings (SSSR count). The summed E-state index contributed by atoms with van der Waals surface area (Å²) in [5.41, 5.74) is -0.527. The Hall–Kier alpha value is -4.14. The van der Waals surface area contributed by atoms with Crippen LogP contribution in [0.15, 0.2) is 41.3 Å². The van der Waals surface area contributed by atoms with Crippen LogP contribution in [0, 0.1) is 31.6 Å². The highest BCUT2D eigenvalue weighted by Gasteiger charge is 2.48. The SMILES string of the molecule is CC1(C)Oc2ccc(C#N)cc2C(n2ccc(CCO[N+](=O)[O-])cc2=O)C1O[N+](=O)[O-]. The van der Waals surface area contributed by atoms with Crippen molar-refractivity contribution in [2.45, 2.75) is 38.0 Å². The lowest BCUT2D eigenvalue weighted by Crippen LogP contribution is -2.54. The highest BCUT2D eigenvalue weighted by Crippen LogP contribution is 2.43. The average Bonchev–Trinajstić information content (AvgIpc) is 2.68. The molecule has 0 N–H and O–H groups in total. The Bertz CT molecular complexity index is 1120. The van der Waals surface area contributed by atoms with Gasteiger partial charge in [0.1, 0.15) is 18.0 Å². The molecule has 0 saturated carbocycles. The number of pyridine rings is 1. The molecule has 1 aliphatic rings. The molecule has 31 heavy (non-hydrogen) atoms. The van der Waals surface area contributed by atoms with Crippen molar-refractivity contribution < 1.29 is 24.6 Å². The number of ether oxygens (including phenoxy) is 1. The Morgan fingerprint density at radius 3 is 2.58 bits per heavy atom. The fraction of sp³-hybridized carbons (Fsp3) is 0.368. The summed E-state index contributed by atoms with van der Waals surface area (Å²) in [7, 11) is 0. The summed E-state index contributed by atoms with van der Waals surface area (Å²) < 4.78 is 7.15. The second-order valence-electron chi connectivity index (χ2n) is 7.35. The molecule has 2 atom stereocenters. The molecule has 2 aromatic rings. The van der Waals surface area contributed by atoms with E-state index in [9.17, 15) is 30.3 Å². The van der Waals surface area contributed by atoms with Crippen molar-refractivity contribution in [2.75, 3.05) is 6.61 Å². The van der Waals surface area contributed by atoms with Gasteiger partial charge in [0.15, 0.2) is 6.10 Å². The molecule has 12 heteroatoms. The molecule has 2 heterocycles. The van der Waals surface area contributed by atoms with E-state index in [1.54, 1.807) is 32.0 Å². The third-order valence-electron chi connectivity index (χ3n) is 4.90. The van der Waals surface area contributed by atoms with Crippen LogP contribution >= 0.6 is 0 Å². The Balaban J connectivity index is 2.09. The first kappa shape index (κ1) is 21.6. The molecule has 0 bridgehead atoms. The van der Waals surface area contributed by atoms with E-state index in [2.05, 4.69) is 4.84 Å². The van der Waals surface area contributed by atoms with Crippen molar-refractivity contribution in [1.29, 1.82) is 5.26 Å². The number of nitriles is 1. The van der Waals surface area contributed by atoms with Crippen LogP contribution in [0.3, 0.4) is 0 Å². The summed E-state index contributed by atoms with van der Waals surface area (Å²) in [5, 5.41) is 28.9. The smallest absolute Gasteiger partial charge is 0.295 e. The van der Waals surface area contributed by atoms with Crippen molar-refractivity contribution >= 4 is 0 Å². The van der Waals surface area contributed by atoms with Gasteiger partial charge in [0.05, 0.1) is 17.7 Å². The lowest BCUT2D eigenvalue weighted by atomic mass is 9.85. The normalized spacial score (nSPS) is 18.7. The zero-order valence-corrected chi connectivity index (χ0v) is 16.6. The number of hydrogen-bond acceptors (Lipinski definition) is 9. The van der Waals surface area contributed by atoms with Crippen molar-refractivity contribution in [2.24, 2.45) is 0 Å². The minimum absolute atomic E-state index is 0.125. The lowest BCUT2D eigenvalue weighted by Gasteiger charge is -2.43. The predicted molar refractivity (Wildman–Crippen MR) is 103 cm³/mol. The molecule has 0 aliphatic carbocycles. The van der Waals surface area contributed by atoms with Gasteiger partial charge in [0, 0.05) is 17.8 Å². The fourth-order valence-corrected chi connectivity index (χ4v) is 3.55. The molecule has 0 fully saturated rings. The maximum absolute atomic E-state index is 12.9. The van der Waals surface area contributed by atoms with Crippen molar-refractivity contribution in [3.05, 3.63) is 83.8 Å². The number of aromatic nitrogens is 1. The molecule has 1 aromatic heterocycles. The molecule has 1 aliphatic heterocycles. The van der Waals surface area contributed by atoms with E-state index < -0.39 is 33.5 Å². The second-order valence-corrected chi connectivity index (χ2v) is 7.35. The van der Waals surface area contributed by atoms with E-state index in [0.29, 0.717) is 16.9 Å². The number of nitrogens with zero attached hydrogens (tertiary/aromatic N) is 4. The van der Waals surface area contributed by atoms with E-state index in [4.69, 9.17) is 9.57 Å². The summed E-state index contributed by atoms with van der Waals surface area (Å²) in [6.07, 6.45) is 0.348. The maximum atomic E-state index is 12.9. The Morgan fingerprint density at radius 1 is 1.23 bits per heavy atom. The number of benzene rings is 1. The first-order valence-corrected chi connectivity index (χ1v) is 9.15. The first-order chi connectivity index (χ1) is 14.6. The maximum Gasteiger partial charge on any atom is 0.295 e. The summed E-state index contributed by atoms with van der Waals surface area (Å²) >= 11 is 0. The van der Waals surface area contributed by atoms with E-state index in [-0.39, 0.29) is 18.6 Å². The quantitative estimate of drug-likeness (QED) is 0.471. The average molecular weight is 430 g/mol. The molecule has 0 spiro atoms. The van der Waals surface area contributed by atoms with Crippen LogP contribution in [0.4, 0.5) is 0 Å². The van der Waals surface area contributed by atoms with Gasteiger partial charge >= 0.3 is 0 Å². The molecule has 12 nitrogen and oxygen atoms in total. The van der Waals surface area contributed by atoms with Crippen LogP contribution in [0.25, 0.3) is 0 Å². The summed E-state index contributed by atoms with van der Waals surface area (Å²) in [4.78, 5) is 43.6. The van der Waals surface area contributed by atoms with Gasteiger partial charge in [0.2, 0.25) is 0 Å². The van der Waals surface area contributed by atoms with Gasteiger partial charge < -0.3 is 19.0 Å². The van der Waals surface area contributed by atoms with Crippen LogP contribution < -0.4 is 10.3 Å². The molecular formula is C19H18N4O8. The largest absolute Gasteiger partial charge is 0.485 e. The standard InChI is InChI=1S/C19H18N4O8/c1-19(2)18(31-23(27)28)17(14-9-13(11-20)3-4-15(14)30-19)21-7-5-12(10-16(21)24)6-8-29-22(25)26/h3-5,7,9-10,17-18H,6,8H2,1-2H3. The zero-order chi connectivity index (χ0) is 22.8. The number of hydrogen-bond donors (Lipinski definition) is 0. The lowest BCUT2D eigenvalue weighted by molar-refractivity contribution is -0.773. The first-order valence-electron chi connectivity index (χ1n) is 9.15. The Labute approximate surface area is 175 Å². The Morgan fingerprint density at radius 2 is 1.97 bits per heavy atom. The zero-order valence-electron chi connectivity index (χ0n) is 16.6. The topological polar surface area (TPSA) is 160 Å². The summed E-state index contributed by atoms with van der Waals surface area (Å²) in [5.74, 6) is 0.368. The number of fused-ring (bicyclic) bond motifs is 1. The van der Waals surface area contributed by atoms with Crippen LogP contribution in [0.1, 0.15) is 36.6 Å². The molecular weight excluding hydrogens is 412 g/mol. The highest BCUT2D eigenvalue weighted by molar-refractivity contribution is 5.47. The summed E-state index contributed by atoms with van der Waals surface area (Å²) in [6.45, 7) is 2.98. The van der Waals surface area contributed by atoms with Gasteiger partial charge in [-0.05, 0) is 50.1 Å². The van der Waals surface area contributed by atoms with Gasteiger partial charge in [0.25, 0.3) is 15.7 Å². The van der Waals surface area contributed by atoms with Crippen LogP contribution in [0.5, 0.6) is 5.75 Å². The van der Waals surface area contributed by atoms with Gasteiger partial charge in [-0.2, -0.15) is 5.26 Å². The van der Waals surface area contributed by atoms with Crippen LogP contribution in [-0.2, 0) is 16.1 Å². The molecule has 0 amide bonds. The second kappa shape index (κ2) is 8.31. The third kappa shape index (κ3) is 4.55. The molecule has 2 unspecified atom stereocenters. The van der Waals surface area contributed by atoms with E-state index in [0.717, 1.165) is 0 Å².